The molecule has 0 aromatic carbocycles. The molecule has 96 valence electrons. The number of carbonyl (C=O) groups is 2. The molecule has 2 heterocycles. The highest BCUT2D eigenvalue weighted by Crippen LogP contribution is 2.39. The number of carbonyl (C=O) groups excluding carboxylic acids is 2. The number of β-lactam (4-membered cyclic amide) rings is 1. The van der Waals surface area contributed by atoms with Crippen molar-refractivity contribution < 1.29 is 9.59 Å². The summed E-state index contributed by atoms with van der Waals surface area (Å²) in [7, 11) is 5.38. The van der Waals surface area contributed by atoms with Gasteiger partial charge in [0.1, 0.15) is 0 Å². The van der Waals surface area contributed by atoms with Crippen LogP contribution in [0.2, 0.25) is 0 Å². The number of likely N-dealkylation sites (N-methyl/N-ethyl adjacent to an activating group) is 1. The highest BCUT2D eigenvalue weighted by Gasteiger charge is 2.52. The minimum absolute atomic E-state index is 0.113. The van der Waals surface area contributed by atoms with E-state index in [9.17, 15) is 9.59 Å². The molecule has 5 nitrogen and oxygen atoms in total. The van der Waals surface area contributed by atoms with Gasteiger partial charge in [-0.15, -0.1) is 0 Å². The Bertz CT molecular complexity index is 339. The molecule has 0 saturated carbocycles. The first-order valence-corrected chi connectivity index (χ1v) is 6.13. The predicted octanol–water partition coefficient (Wildman–Crippen LogP) is -0.371. The molecule has 1 unspecified atom stereocenters. The number of hydrogen-bond donors (Lipinski definition) is 0. The maximum absolute atomic E-state index is 11.9. The molecule has 0 aromatic rings. The molecule has 1 atom stereocenters. The van der Waals surface area contributed by atoms with E-state index in [4.69, 9.17) is 0 Å². The number of hydrogen-bond acceptors (Lipinski definition) is 3. The van der Waals surface area contributed by atoms with E-state index in [0.717, 1.165) is 32.5 Å². The van der Waals surface area contributed by atoms with Crippen LogP contribution in [-0.2, 0) is 9.59 Å². The van der Waals surface area contributed by atoms with Crippen LogP contribution in [0.5, 0.6) is 0 Å². The summed E-state index contributed by atoms with van der Waals surface area (Å²) in [6.45, 7) is 2.96. The van der Waals surface area contributed by atoms with Gasteiger partial charge in [0.25, 0.3) is 0 Å². The Labute approximate surface area is 102 Å². The minimum atomic E-state index is -0.181. The summed E-state index contributed by atoms with van der Waals surface area (Å²) >= 11 is 0. The van der Waals surface area contributed by atoms with Crippen LogP contribution in [-0.4, -0.2) is 73.8 Å². The van der Waals surface area contributed by atoms with Crippen LogP contribution in [0.4, 0.5) is 0 Å². The van der Waals surface area contributed by atoms with Gasteiger partial charge in [-0.3, -0.25) is 14.5 Å². The molecule has 0 aromatic heterocycles. The molecule has 2 fully saturated rings. The molecule has 2 aliphatic rings. The number of piperidine rings is 1. The van der Waals surface area contributed by atoms with E-state index < -0.39 is 0 Å². The number of nitrogens with zero attached hydrogens (tertiary/aromatic N) is 3. The van der Waals surface area contributed by atoms with Gasteiger partial charge in [0, 0.05) is 34.2 Å². The van der Waals surface area contributed by atoms with Crippen molar-refractivity contribution in [3.8, 4) is 0 Å². The fraction of sp³-hybridized carbons (Fsp3) is 0.833. The molecule has 17 heavy (non-hydrogen) atoms. The van der Waals surface area contributed by atoms with Gasteiger partial charge >= 0.3 is 0 Å². The summed E-state index contributed by atoms with van der Waals surface area (Å²) in [6, 6.07) is 0. The summed E-state index contributed by atoms with van der Waals surface area (Å²) in [5.74, 6) is 0.363. The monoisotopic (exact) mass is 239 g/mol. The van der Waals surface area contributed by atoms with Crippen molar-refractivity contribution in [2.24, 2.45) is 5.41 Å². The third kappa shape index (κ3) is 2.16. The number of likely N-dealkylation sites (tertiary alicyclic amines) is 2. The van der Waals surface area contributed by atoms with E-state index in [-0.39, 0.29) is 17.2 Å². The molecule has 1 spiro atoms. The van der Waals surface area contributed by atoms with Crippen molar-refractivity contribution >= 4 is 11.8 Å². The summed E-state index contributed by atoms with van der Waals surface area (Å²) in [6.07, 6.45) is 1.99. The second kappa shape index (κ2) is 4.29. The lowest BCUT2D eigenvalue weighted by Gasteiger charge is -2.51. The van der Waals surface area contributed by atoms with Crippen molar-refractivity contribution in [2.45, 2.75) is 12.8 Å². The van der Waals surface area contributed by atoms with Crippen molar-refractivity contribution in [2.75, 3.05) is 47.3 Å². The Hall–Kier alpha value is -1.10. The van der Waals surface area contributed by atoms with Gasteiger partial charge in [-0.05, 0) is 19.4 Å². The molecule has 2 rings (SSSR count). The largest absolute Gasteiger partial charge is 0.348 e. The topological polar surface area (TPSA) is 43.9 Å². The van der Waals surface area contributed by atoms with E-state index in [1.54, 1.807) is 23.9 Å². The van der Waals surface area contributed by atoms with Gasteiger partial charge in [0.05, 0.1) is 12.0 Å². The van der Waals surface area contributed by atoms with Crippen molar-refractivity contribution in [3.05, 3.63) is 0 Å². The first-order chi connectivity index (χ1) is 7.94. The van der Waals surface area contributed by atoms with E-state index >= 15 is 0 Å². The Morgan fingerprint density at radius 1 is 1.41 bits per heavy atom. The number of amides is 2. The first kappa shape index (κ1) is 12.4. The van der Waals surface area contributed by atoms with Gasteiger partial charge in [0.2, 0.25) is 11.8 Å². The molecule has 0 aliphatic carbocycles. The van der Waals surface area contributed by atoms with E-state index in [1.807, 2.05) is 7.05 Å². The van der Waals surface area contributed by atoms with Gasteiger partial charge in [-0.25, -0.2) is 0 Å². The predicted molar refractivity (Wildman–Crippen MR) is 64.4 cm³/mol. The van der Waals surface area contributed by atoms with E-state index in [0.29, 0.717) is 6.54 Å². The van der Waals surface area contributed by atoms with E-state index in [2.05, 4.69) is 4.90 Å². The average Bonchev–Trinajstić information content (AvgIpc) is 2.29. The third-order valence-electron chi connectivity index (χ3n) is 3.85. The second-order valence-electron chi connectivity index (χ2n) is 5.54. The Morgan fingerprint density at radius 3 is 2.65 bits per heavy atom. The second-order valence-corrected chi connectivity index (χ2v) is 5.54. The standard InChI is InChI=1S/C12H21N3O2/c1-13(2)10(16)7-15-6-4-5-12(9-15)8-14(3)11(12)17/h4-9H2,1-3H3. The Kier molecular flexibility index (Phi) is 3.12. The lowest BCUT2D eigenvalue weighted by molar-refractivity contribution is -0.164. The molecule has 0 bridgehead atoms. The summed E-state index contributed by atoms with van der Waals surface area (Å²) in [5.41, 5.74) is -0.181. The lowest BCUT2D eigenvalue weighted by atomic mass is 9.72. The normalized spacial score (nSPS) is 29.4. The van der Waals surface area contributed by atoms with Gasteiger partial charge in [-0.1, -0.05) is 0 Å². The SMILES string of the molecule is CN(C)C(=O)CN1CCCC2(C1)CN(C)C2=O. The molecule has 2 amide bonds. The molecular weight excluding hydrogens is 218 g/mol. The summed E-state index contributed by atoms with van der Waals surface area (Å²) in [4.78, 5) is 29.1. The number of rotatable bonds is 2. The van der Waals surface area contributed by atoms with Gasteiger partial charge in [-0.2, -0.15) is 0 Å². The molecule has 5 heteroatoms. The van der Waals surface area contributed by atoms with Gasteiger partial charge < -0.3 is 9.80 Å². The summed E-state index contributed by atoms with van der Waals surface area (Å²) in [5, 5.41) is 0. The quantitative estimate of drug-likeness (QED) is 0.618. The Morgan fingerprint density at radius 2 is 2.12 bits per heavy atom. The molecule has 2 aliphatic heterocycles. The van der Waals surface area contributed by atoms with Crippen LogP contribution in [0.25, 0.3) is 0 Å². The van der Waals surface area contributed by atoms with Crippen LogP contribution in [0.15, 0.2) is 0 Å². The maximum atomic E-state index is 11.9. The van der Waals surface area contributed by atoms with Crippen LogP contribution in [0.3, 0.4) is 0 Å². The first-order valence-electron chi connectivity index (χ1n) is 6.13. The van der Waals surface area contributed by atoms with Crippen molar-refractivity contribution in [3.63, 3.8) is 0 Å². The fourth-order valence-corrected chi connectivity index (χ4v) is 2.91. The highest BCUT2D eigenvalue weighted by atomic mass is 16.2. The third-order valence-corrected chi connectivity index (χ3v) is 3.85. The smallest absolute Gasteiger partial charge is 0.236 e. The van der Waals surface area contributed by atoms with Gasteiger partial charge in [0.15, 0.2) is 0 Å². The Balaban J connectivity index is 1.94. The molecule has 2 saturated heterocycles. The van der Waals surface area contributed by atoms with Crippen LogP contribution >= 0.6 is 0 Å². The molecule has 0 radical (unpaired) electrons. The highest BCUT2D eigenvalue weighted by molar-refractivity contribution is 5.89. The van der Waals surface area contributed by atoms with Crippen LogP contribution in [0.1, 0.15) is 12.8 Å². The maximum Gasteiger partial charge on any atom is 0.236 e. The van der Waals surface area contributed by atoms with E-state index in [1.165, 1.54) is 0 Å². The zero-order valence-corrected chi connectivity index (χ0v) is 10.9. The lowest BCUT2D eigenvalue weighted by Crippen LogP contribution is -2.66. The zero-order chi connectivity index (χ0) is 12.6. The average molecular weight is 239 g/mol. The van der Waals surface area contributed by atoms with Crippen molar-refractivity contribution in [1.29, 1.82) is 0 Å². The minimum Gasteiger partial charge on any atom is -0.348 e. The van der Waals surface area contributed by atoms with Crippen LogP contribution < -0.4 is 0 Å². The van der Waals surface area contributed by atoms with Crippen LogP contribution in [0, 0.1) is 5.41 Å². The molecule has 0 N–H and O–H groups in total. The molecular formula is C12H21N3O2. The zero-order valence-electron chi connectivity index (χ0n) is 10.9. The van der Waals surface area contributed by atoms with Crippen molar-refractivity contribution in [1.82, 2.24) is 14.7 Å². The fourth-order valence-electron chi connectivity index (χ4n) is 2.91. The summed E-state index contributed by atoms with van der Waals surface area (Å²) < 4.78 is 0.